The largest absolute Gasteiger partial charge is 0.492 e. The molecule has 26 heavy (non-hydrogen) atoms. The van der Waals surface area contributed by atoms with E-state index < -0.39 is 17.7 Å². The molecule has 0 heterocycles. The molecule has 0 atom stereocenters. The number of allylic oxidation sites excluding steroid dienone is 1. The number of alkyl halides is 3. The van der Waals surface area contributed by atoms with Gasteiger partial charge in [-0.3, -0.25) is 4.79 Å². The van der Waals surface area contributed by atoms with Crippen molar-refractivity contribution in [1.82, 2.24) is 4.90 Å². The molecular weight excluding hydrogens is 343 g/mol. The summed E-state index contributed by atoms with van der Waals surface area (Å²) >= 11 is 0. The first-order valence-electron chi connectivity index (χ1n) is 8.06. The van der Waals surface area contributed by atoms with E-state index in [0.717, 1.165) is 5.56 Å². The molecule has 0 saturated heterocycles. The molecule has 0 aromatic heterocycles. The zero-order valence-corrected chi connectivity index (χ0v) is 14.6. The summed E-state index contributed by atoms with van der Waals surface area (Å²) in [5.41, 5.74) is 0.0276. The molecule has 0 spiro atoms. The summed E-state index contributed by atoms with van der Waals surface area (Å²) in [6, 6.07) is 14.7. The lowest BCUT2D eigenvalue weighted by atomic mass is 10.0. The second-order valence-corrected chi connectivity index (χ2v) is 5.85. The van der Waals surface area contributed by atoms with Gasteiger partial charge < -0.3 is 9.64 Å². The number of nitrogens with zero attached hydrogens (tertiary/aromatic N) is 1. The van der Waals surface area contributed by atoms with Crippen molar-refractivity contribution >= 4 is 11.5 Å². The standard InChI is InChI=1S/C20H20F3NO2/c1-15-7-6-10-17(13-15)26-12-11-24(2)19(25)14-18(20(21,22)23)16-8-4-3-5-9-16/h3-10,13-14H,11-12H2,1-2H3/b18-14-. The van der Waals surface area contributed by atoms with E-state index in [1.54, 1.807) is 12.1 Å². The fourth-order valence-electron chi connectivity index (χ4n) is 2.30. The van der Waals surface area contributed by atoms with Gasteiger partial charge in [-0.1, -0.05) is 42.5 Å². The molecule has 2 rings (SSSR count). The molecule has 0 unspecified atom stereocenters. The molecule has 138 valence electrons. The first-order valence-corrected chi connectivity index (χ1v) is 8.06. The van der Waals surface area contributed by atoms with E-state index in [-0.39, 0.29) is 18.7 Å². The number of benzene rings is 2. The van der Waals surface area contributed by atoms with Crippen molar-refractivity contribution < 1.29 is 22.7 Å². The van der Waals surface area contributed by atoms with Crippen LogP contribution < -0.4 is 4.74 Å². The van der Waals surface area contributed by atoms with Crippen molar-refractivity contribution in [3.63, 3.8) is 0 Å². The number of amides is 1. The molecule has 0 aliphatic heterocycles. The zero-order chi connectivity index (χ0) is 19.2. The maximum Gasteiger partial charge on any atom is 0.417 e. The van der Waals surface area contributed by atoms with Crippen LogP contribution in [-0.4, -0.2) is 37.2 Å². The monoisotopic (exact) mass is 363 g/mol. The van der Waals surface area contributed by atoms with Crippen molar-refractivity contribution in [3.8, 4) is 5.75 Å². The third-order valence-corrected chi connectivity index (χ3v) is 3.72. The molecule has 0 saturated carbocycles. The van der Waals surface area contributed by atoms with Gasteiger partial charge in [-0.25, -0.2) is 0 Å². The minimum atomic E-state index is -4.62. The van der Waals surface area contributed by atoms with Crippen LogP contribution in [0.4, 0.5) is 13.2 Å². The fourth-order valence-corrected chi connectivity index (χ4v) is 2.30. The lowest BCUT2D eigenvalue weighted by Crippen LogP contribution is -2.30. The molecule has 0 aliphatic carbocycles. The Hall–Kier alpha value is -2.76. The maximum atomic E-state index is 13.3. The molecule has 0 radical (unpaired) electrons. The number of ether oxygens (including phenoxy) is 1. The van der Waals surface area contributed by atoms with Gasteiger partial charge in [-0.2, -0.15) is 13.2 Å². The quantitative estimate of drug-likeness (QED) is 0.709. The van der Waals surface area contributed by atoms with E-state index in [1.165, 1.54) is 36.2 Å². The summed E-state index contributed by atoms with van der Waals surface area (Å²) in [6.45, 7) is 2.28. The predicted octanol–water partition coefficient (Wildman–Crippen LogP) is 4.48. The van der Waals surface area contributed by atoms with Gasteiger partial charge >= 0.3 is 6.18 Å². The molecule has 2 aromatic carbocycles. The van der Waals surface area contributed by atoms with Crippen molar-refractivity contribution in [1.29, 1.82) is 0 Å². The van der Waals surface area contributed by atoms with Crippen molar-refractivity contribution in [2.75, 3.05) is 20.2 Å². The number of hydrogen-bond acceptors (Lipinski definition) is 2. The number of carbonyl (C=O) groups excluding carboxylic acids is 1. The van der Waals surface area contributed by atoms with Crippen LogP contribution in [0.25, 0.3) is 5.57 Å². The van der Waals surface area contributed by atoms with Gasteiger partial charge in [0.1, 0.15) is 12.4 Å². The van der Waals surface area contributed by atoms with Gasteiger partial charge in [-0.05, 0) is 30.2 Å². The Labute approximate surface area is 150 Å². The second kappa shape index (κ2) is 8.56. The topological polar surface area (TPSA) is 29.5 Å². The summed E-state index contributed by atoms with van der Waals surface area (Å²) < 4.78 is 45.4. The molecule has 1 amide bonds. The van der Waals surface area contributed by atoms with E-state index in [1.807, 2.05) is 25.1 Å². The first kappa shape index (κ1) is 19.6. The highest BCUT2D eigenvalue weighted by molar-refractivity contribution is 5.96. The Morgan fingerprint density at radius 2 is 1.81 bits per heavy atom. The average molecular weight is 363 g/mol. The van der Waals surface area contributed by atoms with Gasteiger partial charge in [0, 0.05) is 13.1 Å². The van der Waals surface area contributed by atoms with Crippen LogP contribution in [0.15, 0.2) is 60.7 Å². The lowest BCUT2D eigenvalue weighted by Gasteiger charge is -2.18. The maximum absolute atomic E-state index is 13.3. The van der Waals surface area contributed by atoms with Crippen molar-refractivity contribution in [3.05, 3.63) is 71.8 Å². The number of halogens is 3. The van der Waals surface area contributed by atoms with Crippen LogP contribution in [0.2, 0.25) is 0 Å². The van der Waals surface area contributed by atoms with Gasteiger partial charge in [0.15, 0.2) is 0 Å². The smallest absolute Gasteiger partial charge is 0.417 e. The molecule has 0 aliphatic rings. The Bertz CT molecular complexity index is 770. The van der Waals surface area contributed by atoms with E-state index in [9.17, 15) is 18.0 Å². The Balaban J connectivity index is 2.02. The van der Waals surface area contributed by atoms with E-state index >= 15 is 0 Å². The van der Waals surface area contributed by atoms with E-state index in [2.05, 4.69) is 0 Å². The van der Waals surface area contributed by atoms with E-state index in [0.29, 0.717) is 11.8 Å². The predicted molar refractivity (Wildman–Crippen MR) is 94.8 cm³/mol. The highest BCUT2D eigenvalue weighted by Crippen LogP contribution is 2.33. The molecule has 0 N–H and O–H groups in total. The van der Waals surface area contributed by atoms with Crippen molar-refractivity contribution in [2.45, 2.75) is 13.1 Å². The molecule has 3 nitrogen and oxygen atoms in total. The highest BCUT2D eigenvalue weighted by Gasteiger charge is 2.35. The average Bonchev–Trinajstić information content (AvgIpc) is 2.59. The van der Waals surface area contributed by atoms with Gasteiger partial charge in [0.05, 0.1) is 12.1 Å². The Morgan fingerprint density at radius 3 is 2.42 bits per heavy atom. The molecular formula is C20H20F3NO2. The number of likely N-dealkylation sites (N-methyl/N-ethyl adjacent to an activating group) is 1. The Kier molecular flexibility index (Phi) is 6.44. The SMILES string of the molecule is Cc1cccc(OCCN(C)C(=O)/C=C(/c2ccccc2)C(F)(F)F)c1. The number of hydrogen-bond donors (Lipinski definition) is 0. The second-order valence-electron chi connectivity index (χ2n) is 5.85. The first-order chi connectivity index (χ1) is 12.3. The Morgan fingerprint density at radius 1 is 1.12 bits per heavy atom. The van der Waals surface area contributed by atoms with Crippen molar-refractivity contribution in [2.24, 2.45) is 0 Å². The van der Waals surface area contributed by atoms with Crippen LogP contribution in [0, 0.1) is 6.92 Å². The summed E-state index contributed by atoms with van der Waals surface area (Å²) in [5, 5.41) is 0. The summed E-state index contributed by atoms with van der Waals surface area (Å²) in [6.07, 6.45) is -3.99. The minimum absolute atomic E-state index is 0.0437. The number of rotatable bonds is 6. The zero-order valence-electron chi connectivity index (χ0n) is 14.6. The summed E-state index contributed by atoms with van der Waals surface area (Å²) in [5.74, 6) is -0.0734. The molecule has 2 aromatic rings. The van der Waals surface area contributed by atoms with E-state index in [4.69, 9.17) is 4.74 Å². The van der Waals surface area contributed by atoms with Crippen LogP contribution in [-0.2, 0) is 4.79 Å². The van der Waals surface area contributed by atoms with Crippen LogP contribution >= 0.6 is 0 Å². The highest BCUT2D eigenvalue weighted by atomic mass is 19.4. The van der Waals surface area contributed by atoms with Crippen LogP contribution in [0.1, 0.15) is 11.1 Å². The normalized spacial score (nSPS) is 12.0. The van der Waals surface area contributed by atoms with Crippen LogP contribution in [0.5, 0.6) is 5.75 Å². The minimum Gasteiger partial charge on any atom is -0.492 e. The molecule has 6 heteroatoms. The van der Waals surface area contributed by atoms with Crippen LogP contribution in [0.3, 0.4) is 0 Å². The third kappa shape index (κ3) is 5.65. The molecule has 0 fully saturated rings. The third-order valence-electron chi connectivity index (χ3n) is 3.72. The van der Waals surface area contributed by atoms with Gasteiger partial charge in [0.25, 0.3) is 0 Å². The lowest BCUT2D eigenvalue weighted by molar-refractivity contribution is -0.125. The fraction of sp³-hybridized carbons (Fsp3) is 0.250. The number of carbonyl (C=O) groups is 1. The summed E-state index contributed by atoms with van der Waals surface area (Å²) in [7, 11) is 1.44. The van der Waals surface area contributed by atoms with Gasteiger partial charge in [0.2, 0.25) is 5.91 Å². The number of aryl methyl sites for hydroxylation is 1. The molecule has 0 bridgehead atoms. The van der Waals surface area contributed by atoms with Gasteiger partial charge in [-0.15, -0.1) is 0 Å². The summed E-state index contributed by atoms with van der Waals surface area (Å²) in [4.78, 5) is 13.4.